The minimum atomic E-state index is -0.700. The van der Waals surface area contributed by atoms with E-state index in [0.29, 0.717) is 60.9 Å². The van der Waals surface area contributed by atoms with E-state index in [0.717, 1.165) is 12.0 Å². The van der Waals surface area contributed by atoms with Crippen molar-refractivity contribution in [1.82, 2.24) is 20.4 Å². The molecule has 4 amide bonds. The Bertz CT molecular complexity index is 1680. The Morgan fingerprint density at radius 1 is 1.02 bits per heavy atom. The first-order chi connectivity index (χ1) is 22.8. The summed E-state index contributed by atoms with van der Waals surface area (Å²) in [5.74, 6) is -0.353. The van der Waals surface area contributed by atoms with E-state index in [4.69, 9.17) is 14.2 Å². The van der Waals surface area contributed by atoms with Crippen LogP contribution in [0.15, 0.2) is 60.7 Å². The zero-order chi connectivity index (χ0) is 32.9. The molecule has 2 fully saturated rings. The molecule has 3 aromatic rings. The fourth-order valence-electron chi connectivity index (χ4n) is 6.17. The molecule has 4 aliphatic heterocycles. The standard InChI is InChI=1S/C35H37FN4O7/c1-45-31-18-26-9-7-24(31)19-37-32(41)21-46-25-5-2-4-22(16-25)23-8-10-28(36)27(17-23)35(44)38-29-20-40(14-11-30(29)47-26)34(43)12-15-39-13-3-6-33(39)42/h2,4-5,7-10,16-18,29-30H,3,6,11-15,19-21H2,1H3,(H,37,41)(H,38,44)/t29-,30+/m1/s1. The van der Waals surface area contributed by atoms with Gasteiger partial charge in [0.15, 0.2) is 6.61 Å². The normalized spacial score (nSPS) is 20.0. The molecule has 2 N–H and O–H groups in total. The second-order valence-electron chi connectivity index (χ2n) is 11.9. The predicted molar refractivity (Wildman–Crippen MR) is 169 cm³/mol. The van der Waals surface area contributed by atoms with E-state index in [9.17, 15) is 19.2 Å². The fraction of sp³-hybridized carbons (Fsp3) is 0.371. The van der Waals surface area contributed by atoms with Gasteiger partial charge in [0.25, 0.3) is 11.8 Å². The number of piperidine rings is 1. The van der Waals surface area contributed by atoms with Crippen molar-refractivity contribution >= 4 is 23.6 Å². The van der Waals surface area contributed by atoms with E-state index in [2.05, 4.69) is 10.6 Å². The highest BCUT2D eigenvalue weighted by Gasteiger charge is 2.35. The van der Waals surface area contributed by atoms with Gasteiger partial charge in [-0.3, -0.25) is 19.2 Å². The summed E-state index contributed by atoms with van der Waals surface area (Å²) >= 11 is 0. The summed E-state index contributed by atoms with van der Waals surface area (Å²) in [4.78, 5) is 55.0. The van der Waals surface area contributed by atoms with Gasteiger partial charge in [0, 0.05) is 63.6 Å². The van der Waals surface area contributed by atoms with Crippen LogP contribution in [0.5, 0.6) is 17.2 Å². The van der Waals surface area contributed by atoms with Crippen LogP contribution in [0.1, 0.15) is 41.6 Å². The maximum atomic E-state index is 15.2. The van der Waals surface area contributed by atoms with E-state index in [1.807, 2.05) is 0 Å². The number of hydrogen-bond donors (Lipinski definition) is 2. The Morgan fingerprint density at radius 3 is 2.68 bits per heavy atom. The van der Waals surface area contributed by atoms with Crippen molar-refractivity contribution in [1.29, 1.82) is 0 Å². The van der Waals surface area contributed by atoms with E-state index in [-0.39, 0.29) is 49.4 Å². The van der Waals surface area contributed by atoms with Crippen LogP contribution in [0.25, 0.3) is 11.1 Å². The van der Waals surface area contributed by atoms with Crippen LogP contribution in [0.2, 0.25) is 0 Å². The summed E-state index contributed by atoms with van der Waals surface area (Å²) in [6.07, 6.45) is 1.31. The van der Waals surface area contributed by atoms with Crippen molar-refractivity contribution < 1.29 is 37.8 Å². The van der Waals surface area contributed by atoms with Gasteiger partial charge < -0.3 is 34.6 Å². The average molecular weight is 645 g/mol. The van der Waals surface area contributed by atoms with Crippen molar-refractivity contribution in [3.8, 4) is 28.4 Å². The molecule has 7 rings (SSSR count). The molecule has 0 saturated carbocycles. The summed E-state index contributed by atoms with van der Waals surface area (Å²) in [5, 5.41) is 5.78. The third-order valence-electron chi connectivity index (χ3n) is 8.76. The monoisotopic (exact) mass is 644 g/mol. The molecule has 0 aliphatic carbocycles. The quantitative estimate of drug-likeness (QED) is 0.447. The van der Waals surface area contributed by atoms with Crippen molar-refractivity contribution in [3.63, 3.8) is 0 Å². The molecule has 2 saturated heterocycles. The van der Waals surface area contributed by atoms with Gasteiger partial charge in [-0.05, 0) is 53.9 Å². The van der Waals surface area contributed by atoms with E-state index >= 15 is 4.39 Å². The number of nitrogens with one attached hydrogen (secondary N) is 2. The number of halogens is 1. The molecule has 11 nitrogen and oxygen atoms in total. The van der Waals surface area contributed by atoms with Crippen molar-refractivity contribution in [2.24, 2.45) is 0 Å². The Balaban J connectivity index is 1.30. The van der Waals surface area contributed by atoms with Crippen LogP contribution in [-0.2, 0) is 20.9 Å². The van der Waals surface area contributed by atoms with Crippen LogP contribution >= 0.6 is 0 Å². The highest BCUT2D eigenvalue weighted by atomic mass is 19.1. The zero-order valence-electron chi connectivity index (χ0n) is 26.1. The number of amides is 4. The fourth-order valence-corrected chi connectivity index (χ4v) is 6.17. The number of ether oxygens (including phenoxy) is 3. The van der Waals surface area contributed by atoms with E-state index < -0.39 is 23.9 Å². The summed E-state index contributed by atoms with van der Waals surface area (Å²) in [6.45, 7) is 1.51. The van der Waals surface area contributed by atoms with Crippen LogP contribution in [0, 0.1) is 5.82 Å². The smallest absolute Gasteiger partial charge is 0.258 e. The van der Waals surface area contributed by atoms with Gasteiger partial charge in [-0.2, -0.15) is 0 Å². The van der Waals surface area contributed by atoms with Gasteiger partial charge in [0.1, 0.15) is 29.2 Å². The lowest BCUT2D eigenvalue weighted by atomic mass is 9.99. The summed E-state index contributed by atoms with van der Waals surface area (Å²) < 4.78 is 32.8. The average Bonchev–Trinajstić information content (AvgIpc) is 3.50. The van der Waals surface area contributed by atoms with Gasteiger partial charge in [0.2, 0.25) is 11.8 Å². The molecule has 4 aliphatic rings. The molecule has 0 unspecified atom stereocenters. The van der Waals surface area contributed by atoms with Crippen molar-refractivity contribution in [2.75, 3.05) is 39.9 Å². The largest absolute Gasteiger partial charge is 0.496 e. The molecule has 0 spiro atoms. The lowest BCUT2D eigenvalue weighted by molar-refractivity contribution is -0.135. The van der Waals surface area contributed by atoms with Gasteiger partial charge in [0.05, 0.1) is 18.7 Å². The molecule has 0 aromatic heterocycles. The molecular formula is C35H37FN4O7. The number of methoxy groups -OCH3 is 1. The van der Waals surface area contributed by atoms with Crippen LogP contribution in [0.4, 0.5) is 4.39 Å². The van der Waals surface area contributed by atoms with Gasteiger partial charge in [-0.15, -0.1) is 0 Å². The number of rotatable bonds is 4. The Labute approximate surface area is 272 Å². The number of carbonyl (C=O) groups is 4. The summed E-state index contributed by atoms with van der Waals surface area (Å²) in [5.41, 5.74) is 1.81. The lowest BCUT2D eigenvalue weighted by Gasteiger charge is -2.39. The third-order valence-corrected chi connectivity index (χ3v) is 8.76. The molecule has 3 aromatic carbocycles. The van der Waals surface area contributed by atoms with Crippen LogP contribution < -0.4 is 24.8 Å². The number of hydrogen-bond acceptors (Lipinski definition) is 7. The Kier molecular flexibility index (Phi) is 9.55. The van der Waals surface area contributed by atoms with Crippen LogP contribution in [-0.4, -0.2) is 85.5 Å². The van der Waals surface area contributed by atoms with E-state index in [1.54, 1.807) is 58.3 Å². The Morgan fingerprint density at radius 2 is 1.87 bits per heavy atom. The zero-order valence-corrected chi connectivity index (χ0v) is 26.1. The minimum Gasteiger partial charge on any atom is -0.496 e. The number of benzene rings is 3. The van der Waals surface area contributed by atoms with Crippen LogP contribution in [0.3, 0.4) is 0 Å². The molecule has 6 bridgehead atoms. The highest BCUT2D eigenvalue weighted by molar-refractivity contribution is 5.96. The molecule has 4 heterocycles. The molecular weight excluding hydrogens is 607 g/mol. The number of nitrogens with zero attached hydrogens (tertiary/aromatic N) is 2. The van der Waals surface area contributed by atoms with Gasteiger partial charge >= 0.3 is 0 Å². The molecule has 246 valence electrons. The minimum absolute atomic E-state index is 0.0551. The topological polar surface area (TPSA) is 127 Å². The number of fused-ring (bicyclic) bond motifs is 7. The second kappa shape index (κ2) is 14.1. The predicted octanol–water partition coefficient (Wildman–Crippen LogP) is 3.30. The molecule has 2 atom stereocenters. The van der Waals surface area contributed by atoms with Gasteiger partial charge in [-0.1, -0.05) is 18.2 Å². The lowest BCUT2D eigenvalue weighted by Crippen LogP contribution is -2.58. The van der Waals surface area contributed by atoms with Gasteiger partial charge in [-0.25, -0.2) is 4.39 Å². The first-order valence-corrected chi connectivity index (χ1v) is 15.8. The van der Waals surface area contributed by atoms with E-state index in [1.165, 1.54) is 19.2 Å². The summed E-state index contributed by atoms with van der Waals surface area (Å²) in [6, 6.07) is 15.8. The highest BCUT2D eigenvalue weighted by Crippen LogP contribution is 2.29. The van der Waals surface area contributed by atoms with Crippen molar-refractivity contribution in [2.45, 2.75) is 44.4 Å². The summed E-state index contributed by atoms with van der Waals surface area (Å²) in [7, 11) is 1.52. The molecule has 12 heteroatoms. The molecule has 47 heavy (non-hydrogen) atoms. The first-order valence-electron chi connectivity index (χ1n) is 15.8. The third kappa shape index (κ3) is 7.48. The SMILES string of the molecule is COc1cc2ccc1CNC(=O)COc1cccc(c1)-c1ccc(F)c(c1)C(=O)N[C@@H]1CN(C(=O)CCN3CCCC3=O)CC[C@@H]1O2. The number of carbonyl (C=O) groups excluding carboxylic acids is 4. The van der Waals surface area contributed by atoms with Crippen molar-refractivity contribution in [3.05, 3.63) is 77.6 Å². The number of likely N-dealkylation sites (tertiary alicyclic amines) is 2. The molecule has 0 radical (unpaired) electrons. The Hall–Kier alpha value is -5.13. The maximum absolute atomic E-state index is 15.2. The first kappa shape index (κ1) is 31.8. The second-order valence-corrected chi connectivity index (χ2v) is 11.9. The maximum Gasteiger partial charge on any atom is 0.258 e.